The minimum absolute atomic E-state index is 0.159. The van der Waals surface area contributed by atoms with Gasteiger partial charge in [-0.15, -0.1) is 11.8 Å². The van der Waals surface area contributed by atoms with Crippen LogP contribution in [0.25, 0.3) is 0 Å². The van der Waals surface area contributed by atoms with Gasteiger partial charge < -0.3 is 10.1 Å². The molecule has 2 aliphatic carbocycles. The summed E-state index contributed by atoms with van der Waals surface area (Å²) in [5, 5.41) is 3.11. The molecule has 0 saturated heterocycles. The molecule has 172 valence electrons. The first-order valence-corrected chi connectivity index (χ1v) is 13.8. The standard InChI is InChI=1S/C24H30N2O4S2/c1-3-30-20-8-6-19(7-9-20)26(32(28,29)22-12-10-21(31-2)11-13-22)16-24(27)25-23-15-17-4-5-18(23)14-17/h6-13,17-18,23H,3-5,14-16H2,1-2H3,(H,25,27)/t17-,18+,23-/m0/s1. The number of sulfonamides is 1. The van der Waals surface area contributed by atoms with Gasteiger partial charge in [0, 0.05) is 10.9 Å². The second-order valence-electron chi connectivity index (χ2n) is 8.46. The third-order valence-corrected chi connectivity index (χ3v) is 8.99. The summed E-state index contributed by atoms with van der Waals surface area (Å²) in [6.45, 7) is 2.16. The van der Waals surface area contributed by atoms with Gasteiger partial charge in [-0.2, -0.15) is 0 Å². The molecule has 0 unspecified atom stereocenters. The Kier molecular flexibility index (Phi) is 7.00. The zero-order valence-corrected chi connectivity index (χ0v) is 20.1. The van der Waals surface area contributed by atoms with Crippen LogP contribution in [0.3, 0.4) is 0 Å². The number of fused-ring (bicyclic) bond motifs is 2. The molecule has 4 rings (SSSR count). The van der Waals surface area contributed by atoms with Gasteiger partial charge >= 0.3 is 0 Å². The first-order valence-electron chi connectivity index (χ1n) is 11.1. The van der Waals surface area contributed by atoms with E-state index in [0.717, 1.165) is 17.7 Å². The summed E-state index contributed by atoms with van der Waals surface area (Å²) in [4.78, 5) is 14.1. The van der Waals surface area contributed by atoms with Crippen molar-refractivity contribution in [1.82, 2.24) is 5.32 Å². The number of anilines is 1. The minimum Gasteiger partial charge on any atom is -0.494 e. The van der Waals surface area contributed by atoms with Crippen LogP contribution in [0.2, 0.25) is 0 Å². The quantitative estimate of drug-likeness (QED) is 0.548. The molecule has 2 aromatic carbocycles. The van der Waals surface area contributed by atoms with Crippen LogP contribution in [0, 0.1) is 11.8 Å². The van der Waals surface area contributed by atoms with Gasteiger partial charge in [-0.05, 0) is 92.8 Å². The Morgan fingerprint density at radius 1 is 1.09 bits per heavy atom. The van der Waals surface area contributed by atoms with Crippen LogP contribution in [0.4, 0.5) is 5.69 Å². The minimum atomic E-state index is -3.92. The highest BCUT2D eigenvalue weighted by Crippen LogP contribution is 2.44. The maximum absolute atomic E-state index is 13.6. The Morgan fingerprint density at radius 2 is 1.81 bits per heavy atom. The van der Waals surface area contributed by atoms with Crippen LogP contribution in [0.1, 0.15) is 32.6 Å². The highest BCUT2D eigenvalue weighted by atomic mass is 32.2. The van der Waals surface area contributed by atoms with Crippen molar-refractivity contribution in [2.75, 3.05) is 23.7 Å². The second-order valence-corrected chi connectivity index (χ2v) is 11.2. The van der Waals surface area contributed by atoms with Crippen molar-refractivity contribution in [3.05, 3.63) is 48.5 Å². The van der Waals surface area contributed by atoms with E-state index >= 15 is 0 Å². The fraction of sp³-hybridized carbons (Fsp3) is 0.458. The first kappa shape index (κ1) is 23.0. The second kappa shape index (κ2) is 9.75. The number of ether oxygens (including phenoxy) is 1. The van der Waals surface area contributed by atoms with Crippen LogP contribution in [-0.4, -0.2) is 39.8 Å². The summed E-state index contributed by atoms with van der Waals surface area (Å²) in [5.74, 6) is 1.62. The summed E-state index contributed by atoms with van der Waals surface area (Å²) < 4.78 is 33.8. The summed E-state index contributed by atoms with van der Waals surface area (Å²) >= 11 is 1.55. The van der Waals surface area contributed by atoms with Crippen molar-refractivity contribution in [1.29, 1.82) is 0 Å². The van der Waals surface area contributed by atoms with E-state index in [-0.39, 0.29) is 23.4 Å². The molecular formula is C24H30N2O4S2. The monoisotopic (exact) mass is 474 g/mol. The van der Waals surface area contributed by atoms with Gasteiger partial charge in [-0.1, -0.05) is 6.42 Å². The van der Waals surface area contributed by atoms with Crippen LogP contribution in [0.5, 0.6) is 5.75 Å². The highest BCUT2D eigenvalue weighted by molar-refractivity contribution is 7.98. The maximum Gasteiger partial charge on any atom is 0.264 e. The average molecular weight is 475 g/mol. The van der Waals surface area contributed by atoms with Crippen molar-refractivity contribution >= 4 is 33.4 Å². The molecule has 3 atom stereocenters. The fourth-order valence-corrected chi connectivity index (χ4v) is 6.70. The first-order chi connectivity index (χ1) is 15.4. The molecule has 2 bridgehead atoms. The van der Waals surface area contributed by atoms with Crippen LogP contribution in [0.15, 0.2) is 58.3 Å². The molecule has 1 N–H and O–H groups in total. The molecule has 2 aliphatic rings. The van der Waals surface area contributed by atoms with Gasteiger partial charge in [0.25, 0.3) is 10.0 Å². The molecule has 6 nitrogen and oxygen atoms in total. The van der Waals surface area contributed by atoms with Gasteiger partial charge in [0.2, 0.25) is 5.91 Å². The Bertz CT molecular complexity index is 1040. The number of rotatable bonds is 9. The van der Waals surface area contributed by atoms with E-state index in [9.17, 15) is 13.2 Å². The lowest BCUT2D eigenvalue weighted by Gasteiger charge is -2.27. The predicted molar refractivity (Wildman–Crippen MR) is 128 cm³/mol. The van der Waals surface area contributed by atoms with Crippen molar-refractivity contribution < 1.29 is 17.9 Å². The van der Waals surface area contributed by atoms with E-state index in [4.69, 9.17) is 4.74 Å². The zero-order valence-electron chi connectivity index (χ0n) is 18.5. The summed E-state index contributed by atoms with van der Waals surface area (Å²) in [5.41, 5.74) is 0.436. The smallest absolute Gasteiger partial charge is 0.264 e. The Morgan fingerprint density at radius 3 is 2.38 bits per heavy atom. The molecule has 32 heavy (non-hydrogen) atoms. The number of nitrogens with zero attached hydrogens (tertiary/aromatic N) is 1. The van der Waals surface area contributed by atoms with E-state index < -0.39 is 10.0 Å². The molecule has 0 heterocycles. The van der Waals surface area contributed by atoms with E-state index in [1.807, 2.05) is 13.2 Å². The van der Waals surface area contributed by atoms with E-state index in [0.29, 0.717) is 29.9 Å². The Balaban J connectivity index is 1.58. The van der Waals surface area contributed by atoms with E-state index in [1.54, 1.807) is 60.3 Å². The third-order valence-electron chi connectivity index (χ3n) is 6.45. The fourth-order valence-electron chi connectivity index (χ4n) is 4.87. The summed E-state index contributed by atoms with van der Waals surface area (Å²) in [6, 6.07) is 13.7. The number of carbonyl (C=O) groups excluding carboxylic acids is 1. The average Bonchev–Trinajstić information content (AvgIpc) is 3.42. The van der Waals surface area contributed by atoms with Gasteiger partial charge in [-0.25, -0.2) is 8.42 Å². The lowest BCUT2D eigenvalue weighted by Crippen LogP contribution is -2.45. The molecule has 0 aliphatic heterocycles. The van der Waals surface area contributed by atoms with E-state index in [1.165, 1.54) is 17.1 Å². The van der Waals surface area contributed by atoms with Gasteiger partial charge in [-0.3, -0.25) is 9.10 Å². The van der Waals surface area contributed by atoms with Crippen molar-refractivity contribution in [2.45, 2.75) is 48.4 Å². The number of hydrogen-bond donors (Lipinski definition) is 1. The van der Waals surface area contributed by atoms with Crippen molar-refractivity contribution in [3.8, 4) is 5.75 Å². The SMILES string of the molecule is CCOc1ccc(N(CC(=O)N[C@H]2C[C@H]3CC[C@@H]2C3)S(=O)(=O)c2ccc(SC)cc2)cc1. The number of carbonyl (C=O) groups is 1. The number of amides is 1. The number of benzene rings is 2. The molecule has 1 amide bonds. The summed E-state index contributed by atoms with van der Waals surface area (Å²) in [7, 11) is -3.92. The van der Waals surface area contributed by atoms with E-state index in [2.05, 4.69) is 5.32 Å². The van der Waals surface area contributed by atoms with Crippen molar-refractivity contribution in [2.24, 2.45) is 11.8 Å². The van der Waals surface area contributed by atoms with Gasteiger partial charge in [0.15, 0.2) is 0 Å². The zero-order chi connectivity index (χ0) is 22.7. The molecule has 2 saturated carbocycles. The van der Waals surface area contributed by atoms with Crippen LogP contribution in [-0.2, 0) is 14.8 Å². The van der Waals surface area contributed by atoms with Gasteiger partial charge in [0.05, 0.1) is 17.2 Å². The molecule has 2 aromatic rings. The lowest BCUT2D eigenvalue weighted by molar-refractivity contribution is -0.120. The number of nitrogens with one attached hydrogen (secondary N) is 1. The molecule has 0 spiro atoms. The third kappa shape index (κ3) is 4.91. The van der Waals surface area contributed by atoms with Crippen LogP contribution >= 0.6 is 11.8 Å². The molecule has 0 aromatic heterocycles. The number of hydrogen-bond acceptors (Lipinski definition) is 5. The Labute approximate surface area is 194 Å². The predicted octanol–water partition coefficient (Wildman–Crippen LogP) is 4.31. The maximum atomic E-state index is 13.6. The molecule has 0 radical (unpaired) electrons. The van der Waals surface area contributed by atoms with Gasteiger partial charge in [0.1, 0.15) is 12.3 Å². The number of thioether (sulfide) groups is 1. The summed E-state index contributed by atoms with van der Waals surface area (Å²) in [6.07, 6.45) is 6.51. The van der Waals surface area contributed by atoms with Crippen LogP contribution < -0.4 is 14.4 Å². The molecule has 8 heteroatoms. The largest absolute Gasteiger partial charge is 0.494 e. The highest BCUT2D eigenvalue weighted by Gasteiger charge is 2.40. The topological polar surface area (TPSA) is 75.7 Å². The Hall–Kier alpha value is -2.19. The lowest BCUT2D eigenvalue weighted by atomic mass is 9.95. The normalized spacial score (nSPS) is 22.0. The molecule has 2 fully saturated rings. The molecular weight excluding hydrogens is 444 g/mol. The van der Waals surface area contributed by atoms with Crippen molar-refractivity contribution in [3.63, 3.8) is 0 Å².